The highest BCUT2D eigenvalue weighted by Crippen LogP contribution is 2.42. The third kappa shape index (κ3) is 7.64. The van der Waals surface area contributed by atoms with Crippen LogP contribution in [0.3, 0.4) is 0 Å². The first-order chi connectivity index (χ1) is 26.6. The van der Waals surface area contributed by atoms with Crippen molar-refractivity contribution in [1.82, 2.24) is 0 Å². The number of benzene rings is 6. The minimum Gasteiger partial charge on any atom is -0.486 e. The van der Waals surface area contributed by atoms with Crippen LogP contribution in [-0.2, 0) is 18.6 Å². The Bertz CT molecular complexity index is 2240. The van der Waals surface area contributed by atoms with Crippen LogP contribution in [0.15, 0.2) is 203 Å². The average molecular weight is 710 g/mol. The molecule has 6 nitrogen and oxygen atoms in total. The monoisotopic (exact) mass is 709 g/mol. The molecule has 0 fully saturated rings. The van der Waals surface area contributed by atoms with Crippen molar-refractivity contribution in [2.75, 3.05) is 4.90 Å². The van der Waals surface area contributed by atoms with Crippen molar-refractivity contribution in [1.29, 1.82) is 0 Å². The summed E-state index contributed by atoms with van der Waals surface area (Å²) in [7, 11) is 0. The maximum absolute atomic E-state index is 6.09. The number of hydrogen-bond acceptors (Lipinski definition) is 6. The first-order valence-electron chi connectivity index (χ1n) is 17.9. The van der Waals surface area contributed by atoms with Crippen LogP contribution in [0.1, 0.15) is 35.1 Å². The number of hydrogen-bond donors (Lipinski definition) is 0. The predicted molar refractivity (Wildman–Crippen MR) is 212 cm³/mol. The molecule has 0 aliphatic rings. The second kappa shape index (κ2) is 15.8. The van der Waals surface area contributed by atoms with E-state index in [4.69, 9.17) is 23.0 Å². The minimum absolute atomic E-state index is 0.366. The van der Waals surface area contributed by atoms with Gasteiger partial charge in [-0.15, -0.1) is 0 Å². The van der Waals surface area contributed by atoms with Gasteiger partial charge in [-0.3, -0.25) is 0 Å². The molecule has 266 valence electrons. The van der Waals surface area contributed by atoms with Crippen LogP contribution in [0.4, 0.5) is 17.1 Å². The third-order valence-corrected chi connectivity index (χ3v) is 9.58. The van der Waals surface area contributed by atoms with Gasteiger partial charge >= 0.3 is 0 Å². The van der Waals surface area contributed by atoms with Crippen molar-refractivity contribution < 1.29 is 23.0 Å². The molecule has 54 heavy (non-hydrogen) atoms. The summed E-state index contributed by atoms with van der Waals surface area (Å²) in [5, 5.41) is 0. The molecule has 0 amide bonds. The fourth-order valence-corrected chi connectivity index (χ4v) is 6.62. The molecule has 0 aliphatic heterocycles. The lowest BCUT2D eigenvalue weighted by Crippen LogP contribution is -2.25. The van der Waals surface area contributed by atoms with Gasteiger partial charge in [-0.2, -0.15) is 0 Å². The Morgan fingerprint density at radius 2 is 0.796 bits per heavy atom. The molecule has 0 saturated carbocycles. The average Bonchev–Trinajstić information content (AvgIpc) is 3.97. The Morgan fingerprint density at radius 1 is 0.407 bits per heavy atom. The van der Waals surface area contributed by atoms with Gasteiger partial charge in [-0.25, -0.2) is 0 Å². The van der Waals surface area contributed by atoms with Gasteiger partial charge in [0.05, 0.1) is 12.5 Å². The minimum atomic E-state index is -0.508. The first-order valence-corrected chi connectivity index (χ1v) is 17.9. The van der Waals surface area contributed by atoms with Gasteiger partial charge in [0.15, 0.2) is 0 Å². The van der Waals surface area contributed by atoms with Crippen LogP contribution in [0.2, 0.25) is 0 Å². The summed E-state index contributed by atoms with van der Waals surface area (Å²) >= 11 is 0. The fraction of sp³-hybridized carbons (Fsp3) is 0.0833. The highest BCUT2D eigenvalue weighted by Gasteiger charge is 2.32. The van der Waals surface area contributed by atoms with Gasteiger partial charge in [0.1, 0.15) is 47.7 Å². The zero-order valence-electron chi connectivity index (χ0n) is 29.9. The Kier molecular flexibility index (Phi) is 9.98. The maximum atomic E-state index is 6.09. The molecule has 0 N–H and O–H groups in total. The Labute approximate surface area is 315 Å². The van der Waals surface area contributed by atoms with Crippen molar-refractivity contribution in [3.63, 3.8) is 0 Å². The molecule has 6 aromatic carbocycles. The topological polar surface area (TPSA) is 57.2 Å². The largest absolute Gasteiger partial charge is 0.486 e. The van der Waals surface area contributed by atoms with Crippen LogP contribution >= 0.6 is 0 Å². The third-order valence-electron chi connectivity index (χ3n) is 9.58. The number of ether oxygens (including phenoxy) is 3. The summed E-state index contributed by atoms with van der Waals surface area (Å²) in [5.74, 6) is 4.68. The molecule has 0 bridgehead atoms. The van der Waals surface area contributed by atoms with E-state index in [-0.39, 0.29) is 0 Å². The van der Waals surface area contributed by atoms with Gasteiger partial charge in [-0.05, 0) is 133 Å². The summed E-state index contributed by atoms with van der Waals surface area (Å²) in [6.07, 6.45) is 3.31. The van der Waals surface area contributed by atoms with Crippen LogP contribution in [0.25, 0.3) is 0 Å². The zero-order chi connectivity index (χ0) is 36.6. The Hall–Kier alpha value is -6.92. The van der Waals surface area contributed by atoms with E-state index in [2.05, 4.69) is 96.8 Å². The molecular weight excluding hydrogens is 671 g/mol. The van der Waals surface area contributed by atoms with Crippen LogP contribution in [-0.4, -0.2) is 0 Å². The molecule has 0 aliphatic carbocycles. The lowest BCUT2D eigenvalue weighted by molar-refractivity contribution is 0.270. The van der Waals surface area contributed by atoms with E-state index in [1.54, 1.807) is 12.5 Å². The lowest BCUT2D eigenvalue weighted by atomic mass is 9.71. The van der Waals surface area contributed by atoms with E-state index >= 15 is 0 Å². The maximum Gasteiger partial charge on any atom is 0.146 e. The Balaban J connectivity index is 1.11. The molecule has 2 heterocycles. The van der Waals surface area contributed by atoms with Crippen molar-refractivity contribution in [3.05, 3.63) is 223 Å². The summed E-state index contributed by atoms with van der Waals surface area (Å²) in [5.41, 5.74) is 5.99. The van der Waals surface area contributed by atoms with E-state index in [0.29, 0.717) is 13.2 Å². The highest BCUT2D eigenvalue weighted by molar-refractivity contribution is 5.77. The summed E-state index contributed by atoms with van der Waals surface area (Å²) < 4.78 is 29.1. The molecular formula is C48H39NO5. The van der Waals surface area contributed by atoms with Crippen LogP contribution in [0, 0.1) is 0 Å². The normalized spacial score (nSPS) is 11.2. The Morgan fingerprint density at radius 3 is 1.26 bits per heavy atom. The van der Waals surface area contributed by atoms with Gasteiger partial charge in [0.25, 0.3) is 0 Å². The molecule has 8 rings (SSSR count). The summed E-state index contributed by atoms with van der Waals surface area (Å²) in [4.78, 5) is 2.25. The number of furan rings is 2. The number of para-hydroxylation sites is 2. The van der Waals surface area contributed by atoms with Gasteiger partial charge < -0.3 is 27.9 Å². The highest BCUT2D eigenvalue weighted by atomic mass is 16.5. The van der Waals surface area contributed by atoms with Crippen molar-refractivity contribution in [2.24, 2.45) is 0 Å². The van der Waals surface area contributed by atoms with Gasteiger partial charge in [0.2, 0.25) is 0 Å². The molecule has 0 unspecified atom stereocenters. The van der Waals surface area contributed by atoms with Crippen molar-refractivity contribution >= 4 is 17.1 Å². The van der Waals surface area contributed by atoms with E-state index in [9.17, 15) is 0 Å². The predicted octanol–water partition coefficient (Wildman–Crippen LogP) is 12.6. The molecule has 0 radical (unpaired) electrons. The standard InChI is InChI=1S/C48H39NO5/c1-48(37-18-26-42(27-19-37)52-34-46-14-8-32-50-46,38-20-28-43(29-21-38)53-35-47-15-9-33-51-47)36-16-22-40(23-17-36)49(39-10-4-2-5-11-39)41-24-30-45(31-25-41)54-44-12-6-3-7-13-44/h2-33H,34-35H2,1H3. The molecule has 0 saturated heterocycles. The van der Waals surface area contributed by atoms with E-state index < -0.39 is 5.41 Å². The first kappa shape index (κ1) is 34.2. The smallest absolute Gasteiger partial charge is 0.146 e. The van der Waals surface area contributed by atoms with Crippen LogP contribution < -0.4 is 19.1 Å². The molecule has 0 atom stereocenters. The summed E-state index contributed by atoms with van der Waals surface area (Å²) in [6, 6.07) is 61.4. The SMILES string of the molecule is CC(c1ccc(OCc2ccco2)cc1)(c1ccc(OCc2ccco2)cc1)c1ccc(N(c2ccccc2)c2ccc(Oc3ccccc3)cc2)cc1. The fourth-order valence-electron chi connectivity index (χ4n) is 6.62. The second-order valence-corrected chi connectivity index (χ2v) is 13.0. The van der Waals surface area contributed by atoms with Crippen LogP contribution in [0.5, 0.6) is 23.0 Å². The summed E-state index contributed by atoms with van der Waals surface area (Å²) in [6.45, 7) is 3.00. The molecule has 0 spiro atoms. The molecule has 2 aromatic heterocycles. The quantitative estimate of drug-likeness (QED) is 0.105. The lowest BCUT2D eigenvalue weighted by Gasteiger charge is -2.33. The zero-order valence-corrected chi connectivity index (χ0v) is 29.9. The van der Waals surface area contributed by atoms with Crippen molar-refractivity contribution in [3.8, 4) is 23.0 Å². The number of rotatable bonds is 14. The van der Waals surface area contributed by atoms with Crippen molar-refractivity contribution in [2.45, 2.75) is 25.6 Å². The number of nitrogens with zero attached hydrogens (tertiary/aromatic N) is 1. The van der Waals surface area contributed by atoms with E-state index in [0.717, 1.165) is 68.3 Å². The van der Waals surface area contributed by atoms with E-state index in [1.165, 1.54) is 0 Å². The van der Waals surface area contributed by atoms with E-state index in [1.807, 2.05) is 97.1 Å². The molecule has 6 heteroatoms. The second-order valence-electron chi connectivity index (χ2n) is 13.0. The molecule has 8 aromatic rings. The van der Waals surface area contributed by atoms with Gasteiger partial charge in [-0.1, -0.05) is 72.8 Å². The van der Waals surface area contributed by atoms with Gasteiger partial charge in [0, 0.05) is 22.5 Å². The number of anilines is 3.